The first-order chi connectivity index (χ1) is 9.15. The lowest BCUT2D eigenvalue weighted by Crippen LogP contribution is -2.04. The summed E-state index contributed by atoms with van der Waals surface area (Å²) in [4.78, 5) is 15.3. The van der Waals surface area contributed by atoms with Crippen LogP contribution >= 0.6 is 11.8 Å². The Balaban J connectivity index is 2.35. The van der Waals surface area contributed by atoms with Gasteiger partial charge < -0.3 is 4.74 Å². The highest BCUT2D eigenvalue weighted by atomic mass is 32.2. The first-order valence-corrected chi connectivity index (χ1v) is 6.50. The van der Waals surface area contributed by atoms with Crippen LogP contribution in [-0.4, -0.2) is 34.5 Å². The number of aromatic nitrogens is 3. The van der Waals surface area contributed by atoms with Gasteiger partial charge in [-0.15, -0.1) is 10.2 Å². The highest BCUT2D eigenvalue weighted by Gasteiger charge is 2.13. The van der Waals surface area contributed by atoms with E-state index in [9.17, 15) is 9.18 Å². The lowest BCUT2D eigenvalue weighted by atomic mass is 10.1. The molecule has 0 aliphatic heterocycles. The van der Waals surface area contributed by atoms with Crippen LogP contribution in [0.1, 0.15) is 10.4 Å². The molecule has 0 fully saturated rings. The number of methoxy groups -OCH3 is 1. The van der Waals surface area contributed by atoms with E-state index in [2.05, 4.69) is 19.9 Å². The summed E-state index contributed by atoms with van der Waals surface area (Å²) < 4.78 is 18.2. The third-order valence-electron chi connectivity index (χ3n) is 2.39. The van der Waals surface area contributed by atoms with Gasteiger partial charge in [0, 0.05) is 5.56 Å². The van der Waals surface area contributed by atoms with Crippen LogP contribution in [-0.2, 0) is 4.74 Å². The van der Waals surface area contributed by atoms with Gasteiger partial charge in [0.25, 0.3) is 0 Å². The van der Waals surface area contributed by atoms with Crippen molar-refractivity contribution >= 4 is 17.7 Å². The Hall–Kier alpha value is -2.02. The van der Waals surface area contributed by atoms with Crippen LogP contribution in [0.25, 0.3) is 11.3 Å². The van der Waals surface area contributed by atoms with E-state index >= 15 is 0 Å². The largest absolute Gasteiger partial charge is 0.465 e. The number of benzene rings is 1. The van der Waals surface area contributed by atoms with Crippen molar-refractivity contribution in [3.05, 3.63) is 35.8 Å². The van der Waals surface area contributed by atoms with E-state index in [1.165, 1.54) is 37.2 Å². The second-order valence-corrected chi connectivity index (χ2v) is 4.29. The molecule has 0 unspecified atom stereocenters. The predicted molar refractivity (Wildman–Crippen MR) is 68.3 cm³/mol. The monoisotopic (exact) mass is 279 g/mol. The highest BCUT2D eigenvalue weighted by Crippen LogP contribution is 2.20. The molecule has 1 aromatic carbocycles. The van der Waals surface area contributed by atoms with Gasteiger partial charge >= 0.3 is 5.97 Å². The molecule has 19 heavy (non-hydrogen) atoms. The van der Waals surface area contributed by atoms with Crippen LogP contribution in [0, 0.1) is 5.82 Å². The standard InChI is InChI=1S/C12H10FN3O2S/c1-18-11(17)8-4-3-7(5-9(8)13)10-6-14-12(19-2)16-15-10/h3-6H,1-2H3. The number of hydrogen-bond acceptors (Lipinski definition) is 6. The number of hydrogen-bond donors (Lipinski definition) is 0. The minimum atomic E-state index is -0.717. The fraction of sp³-hybridized carbons (Fsp3) is 0.167. The minimum absolute atomic E-state index is 0.118. The van der Waals surface area contributed by atoms with Gasteiger partial charge in [-0.2, -0.15) is 0 Å². The van der Waals surface area contributed by atoms with E-state index in [-0.39, 0.29) is 5.56 Å². The van der Waals surface area contributed by atoms with E-state index in [1.807, 2.05) is 6.26 Å². The van der Waals surface area contributed by atoms with Crippen LogP contribution in [0.2, 0.25) is 0 Å². The Morgan fingerprint density at radius 2 is 2.16 bits per heavy atom. The molecule has 5 nitrogen and oxygen atoms in total. The van der Waals surface area contributed by atoms with E-state index in [0.29, 0.717) is 16.4 Å². The zero-order chi connectivity index (χ0) is 13.8. The van der Waals surface area contributed by atoms with Gasteiger partial charge in [-0.1, -0.05) is 17.8 Å². The molecular formula is C12H10FN3O2S. The van der Waals surface area contributed by atoms with Crippen molar-refractivity contribution in [3.8, 4) is 11.3 Å². The van der Waals surface area contributed by atoms with E-state index in [4.69, 9.17) is 0 Å². The smallest absolute Gasteiger partial charge is 0.340 e. The Morgan fingerprint density at radius 3 is 2.68 bits per heavy atom. The zero-order valence-electron chi connectivity index (χ0n) is 10.3. The van der Waals surface area contributed by atoms with E-state index < -0.39 is 11.8 Å². The van der Waals surface area contributed by atoms with Gasteiger partial charge in [0.1, 0.15) is 11.5 Å². The molecular weight excluding hydrogens is 269 g/mol. The molecule has 0 bridgehead atoms. The highest BCUT2D eigenvalue weighted by molar-refractivity contribution is 7.98. The number of carbonyl (C=O) groups is 1. The van der Waals surface area contributed by atoms with Crippen LogP contribution in [0.3, 0.4) is 0 Å². The number of ether oxygens (including phenoxy) is 1. The average molecular weight is 279 g/mol. The molecule has 0 saturated carbocycles. The number of thioether (sulfide) groups is 1. The second kappa shape index (κ2) is 5.75. The van der Waals surface area contributed by atoms with Crippen LogP contribution in [0.15, 0.2) is 29.6 Å². The molecule has 0 aliphatic carbocycles. The number of esters is 1. The molecule has 7 heteroatoms. The molecule has 0 saturated heterocycles. The van der Waals surface area contributed by atoms with E-state index in [1.54, 1.807) is 6.07 Å². The molecule has 0 N–H and O–H groups in total. The van der Waals surface area contributed by atoms with Gasteiger partial charge in [-0.3, -0.25) is 0 Å². The Bertz CT molecular complexity index is 604. The van der Waals surface area contributed by atoms with Gasteiger partial charge in [-0.25, -0.2) is 14.2 Å². The maximum atomic E-state index is 13.7. The molecule has 0 aliphatic rings. The molecule has 0 atom stereocenters. The van der Waals surface area contributed by atoms with Crippen molar-refractivity contribution in [3.63, 3.8) is 0 Å². The SMILES string of the molecule is COC(=O)c1ccc(-c2cnc(SC)nn2)cc1F. The van der Waals surface area contributed by atoms with Gasteiger partial charge in [0.05, 0.1) is 18.9 Å². The lowest BCUT2D eigenvalue weighted by molar-refractivity contribution is 0.0595. The Kier molecular flexibility index (Phi) is 4.06. The quantitative estimate of drug-likeness (QED) is 0.634. The maximum Gasteiger partial charge on any atom is 0.340 e. The summed E-state index contributed by atoms with van der Waals surface area (Å²) in [5.74, 6) is -1.38. The van der Waals surface area contributed by atoms with Crippen LogP contribution in [0.5, 0.6) is 0 Å². The Morgan fingerprint density at radius 1 is 1.37 bits per heavy atom. The molecule has 2 aromatic rings. The molecule has 0 spiro atoms. The summed E-state index contributed by atoms with van der Waals surface area (Å²) in [6.45, 7) is 0. The molecule has 1 aromatic heterocycles. The summed E-state index contributed by atoms with van der Waals surface area (Å²) in [6, 6.07) is 4.12. The molecule has 1 heterocycles. The normalized spacial score (nSPS) is 10.3. The number of rotatable bonds is 3. The van der Waals surface area contributed by atoms with Crippen LogP contribution in [0.4, 0.5) is 4.39 Å². The zero-order valence-corrected chi connectivity index (χ0v) is 11.1. The number of halogens is 1. The molecule has 98 valence electrons. The van der Waals surface area contributed by atoms with Crippen molar-refractivity contribution in [1.82, 2.24) is 15.2 Å². The number of carbonyl (C=O) groups excluding carboxylic acids is 1. The van der Waals surface area contributed by atoms with Crippen molar-refractivity contribution < 1.29 is 13.9 Å². The molecule has 0 amide bonds. The van der Waals surface area contributed by atoms with Crippen molar-refractivity contribution in [1.29, 1.82) is 0 Å². The topological polar surface area (TPSA) is 65.0 Å². The maximum absolute atomic E-state index is 13.7. The molecule has 0 radical (unpaired) electrons. The van der Waals surface area contributed by atoms with E-state index in [0.717, 1.165) is 0 Å². The lowest BCUT2D eigenvalue weighted by Gasteiger charge is -2.04. The third kappa shape index (κ3) is 2.87. The minimum Gasteiger partial charge on any atom is -0.465 e. The summed E-state index contributed by atoms with van der Waals surface area (Å²) in [7, 11) is 1.20. The predicted octanol–water partition coefficient (Wildman–Crippen LogP) is 2.19. The molecule has 2 rings (SSSR count). The van der Waals surface area contributed by atoms with Crippen LogP contribution < -0.4 is 0 Å². The van der Waals surface area contributed by atoms with Crippen molar-refractivity contribution in [2.45, 2.75) is 5.16 Å². The first kappa shape index (κ1) is 13.4. The fourth-order valence-electron chi connectivity index (χ4n) is 1.44. The average Bonchev–Trinajstić information content (AvgIpc) is 2.46. The van der Waals surface area contributed by atoms with Gasteiger partial charge in [0.2, 0.25) is 5.16 Å². The fourth-order valence-corrected chi connectivity index (χ4v) is 1.72. The Labute approximate surface area is 113 Å². The third-order valence-corrected chi connectivity index (χ3v) is 2.95. The van der Waals surface area contributed by atoms with Gasteiger partial charge in [-0.05, 0) is 18.4 Å². The van der Waals surface area contributed by atoms with Gasteiger partial charge in [0.15, 0.2) is 0 Å². The summed E-state index contributed by atoms with van der Waals surface area (Å²) in [5.41, 5.74) is 0.818. The summed E-state index contributed by atoms with van der Waals surface area (Å²) >= 11 is 1.37. The summed E-state index contributed by atoms with van der Waals surface area (Å²) in [6.07, 6.45) is 3.34. The number of nitrogens with zero attached hydrogens (tertiary/aromatic N) is 3. The second-order valence-electron chi connectivity index (χ2n) is 3.52. The van der Waals surface area contributed by atoms with Crippen molar-refractivity contribution in [2.75, 3.05) is 13.4 Å². The summed E-state index contributed by atoms with van der Waals surface area (Å²) in [5, 5.41) is 8.34. The van der Waals surface area contributed by atoms with Crippen molar-refractivity contribution in [2.24, 2.45) is 0 Å². The first-order valence-electron chi connectivity index (χ1n) is 5.27.